The van der Waals surface area contributed by atoms with E-state index in [1.807, 2.05) is 18.2 Å². The molecule has 2 fully saturated rings. The van der Waals surface area contributed by atoms with Crippen LogP contribution in [0.3, 0.4) is 0 Å². The smallest absolute Gasteiger partial charge is 0.226 e. The maximum Gasteiger partial charge on any atom is 0.226 e. The summed E-state index contributed by atoms with van der Waals surface area (Å²) < 4.78 is 19.4. The monoisotopic (exact) mass is 466 g/mol. The molecular formula is C29H39FN2O2. The molecule has 2 saturated heterocycles. The second-order valence-corrected chi connectivity index (χ2v) is 10.3. The van der Waals surface area contributed by atoms with E-state index in [4.69, 9.17) is 4.74 Å². The van der Waals surface area contributed by atoms with Crippen molar-refractivity contribution < 1.29 is 13.9 Å². The molecule has 0 radical (unpaired) electrons. The van der Waals surface area contributed by atoms with Gasteiger partial charge in [-0.1, -0.05) is 42.8 Å². The predicted molar refractivity (Wildman–Crippen MR) is 135 cm³/mol. The first-order valence-electron chi connectivity index (χ1n) is 12.9. The van der Waals surface area contributed by atoms with Crippen molar-refractivity contribution in [3.63, 3.8) is 0 Å². The molecule has 4 nitrogen and oxygen atoms in total. The number of nitrogens with zero attached hydrogens (tertiary/aromatic N) is 1. The minimum absolute atomic E-state index is 0.145. The Hall–Kier alpha value is -2.24. The van der Waals surface area contributed by atoms with Gasteiger partial charge >= 0.3 is 0 Å². The van der Waals surface area contributed by atoms with E-state index >= 15 is 0 Å². The van der Waals surface area contributed by atoms with Crippen LogP contribution in [0.1, 0.15) is 57.9 Å². The first-order valence-corrected chi connectivity index (χ1v) is 12.9. The van der Waals surface area contributed by atoms with Gasteiger partial charge in [-0.15, -0.1) is 0 Å². The highest BCUT2D eigenvalue weighted by molar-refractivity contribution is 5.83. The Morgan fingerprint density at radius 3 is 2.44 bits per heavy atom. The molecule has 34 heavy (non-hydrogen) atoms. The van der Waals surface area contributed by atoms with Gasteiger partial charge in [0, 0.05) is 38.4 Å². The van der Waals surface area contributed by atoms with Gasteiger partial charge in [-0.3, -0.25) is 9.69 Å². The van der Waals surface area contributed by atoms with Gasteiger partial charge in [0.15, 0.2) is 0 Å². The maximum atomic E-state index is 13.7. The fourth-order valence-corrected chi connectivity index (χ4v) is 5.73. The Kier molecular flexibility index (Phi) is 8.38. The Morgan fingerprint density at radius 2 is 1.74 bits per heavy atom. The SMILES string of the molecule is C[C@@H]1CCC[C@H](C)N1CCCNC(=O)C1(Cc2cccc(-c3cccc(F)c3)c2)CCOCC1. The average Bonchev–Trinajstić information content (AvgIpc) is 2.84. The normalized spacial score (nSPS) is 22.9. The van der Waals surface area contributed by atoms with Crippen LogP contribution in [-0.2, 0) is 16.0 Å². The van der Waals surface area contributed by atoms with Crippen molar-refractivity contribution in [1.82, 2.24) is 10.2 Å². The summed E-state index contributed by atoms with van der Waals surface area (Å²) >= 11 is 0. The summed E-state index contributed by atoms with van der Waals surface area (Å²) in [6.45, 7) is 7.61. The molecule has 0 aliphatic carbocycles. The number of hydrogen-bond donors (Lipinski definition) is 1. The molecule has 2 heterocycles. The second kappa shape index (κ2) is 11.5. The van der Waals surface area contributed by atoms with Crippen molar-refractivity contribution in [3.8, 4) is 11.1 Å². The van der Waals surface area contributed by atoms with E-state index < -0.39 is 5.41 Å². The van der Waals surface area contributed by atoms with Gasteiger partial charge < -0.3 is 10.1 Å². The number of carbonyl (C=O) groups excluding carboxylic acids is 1. The number of carbonyl (C=O) groups is 1. The number of ether oxygens (including phenoxy) is 1. The van der Waals surface area contributed by atoms with Gasteiger partial charge in [0.1, 0.15) is 5.82 Å². The zero-order chi connectivity index (χ0) is 24.0. The quantitative estimate of drug-likeness (QED) is 0.515. The molecule has 2 aliphatic rings. The van der Waals surface area contributed by atoms with Crippen LogP contribution in [0.25, 0.3) is 11.1 Å². The van der Waals surface area contributed by atoms with Crippen LogP contribution < -0.4 is 5.32 Å². The fraction of sp³-hybridized carbons (Fsp3) is 0.552. The van der Waals surface area contributed by atoms with E-state index in [9.17, 15) is 9.18 Å². The van der Waals surface area contributed by atoms with Crippen LogP contribution in [0.4, 0.5) is 4.39 Å². The molecule has 5 heteroatoms. The summed E-state index contributed by atoms with van der Waals surface area (Å²) in [5, 5.41) is 3.27. The first kappa shape index (κ1) is 24.9. The fourth-order valence-electron chi connectivity index (χ4n) is 5.73. The molecule has 2 aromatic rings. The first-order chi connectivity index (χ1) is 16.5. The van der Waals surface area contributed by atoms with Gasteiger partial charge in [-0.2, -0.15) is 0 Å². The Bertz CT molecular complexity index is 947. The van der Waals surface area contributed by atoms with Gasteiger partial charge in [-0.25, -0.2) is 4.39 Å². The number of benzene rings is 2. The molecule has 184 valence electrons. The van der Waals surface area contributed by atoms with Crippen LogP contribution in [0.15, 0.2) is 48.5 Å². The van der Waals surface area contributed by atoms with Gasteiger partial charge in [-0.05, 0) is 81.2 Å². The lowest BCUT2D eigenvalue weighted by Crippen LogP contribution is -2.47. The van der Waals surface area contributed by atoms with Gasteiger partial charge in [0.05, 0.1) is 5.41 Å². The lowest BCUT2D eigenvalue weighted by atomic mass is 9.74. The molecular weight excluding hydrogens is 427 g/mol. The summed E-state index contributed by atoms with van der Waals surface area (Å²) in [6, 6.07) is 16.1. The summed E-state index contributed by atoms with van der Waals surface area (Å²) in [5.74, 6) is -0.0942. The Morgan fingerprint density at radius 1 is 1.06 bits per heavy atom. The zero-order valence-corrected chi connectivity index (χ0v) is 20.7. The minimum atomic E-state index is -0.454. The standard InChI is InChI=1S/C29H39FN2O2/c1-22-7-3-8-23(2)32(22)16-6-15-31-28(33)29(13-17-34-18-14-29)21-24-9-4-10-25(19-24)26-11-5-12-27(30)20-26/h4-5,9-12,19-20,22-23H,3,6-8,13-18,21H2,1-2H3,(H,31,33)/t22-,23+. The van der Waals surface area contributed by atoms with Crippen molar-refractivity contribution in [1.29, 1.82) is 0 Å². The molecule has 0 aromatic heterocycles. The molecule has 0 spiro atoms. The summed E-state index contributed by atoms with van der Waals surface area (Å²) in [7, 11) is 0. The van der Waals surface area contributed by atoms with Crippen LogP contribution in [0, 0.1) is 11.2 Å². The molecule has 2 atom stereocenters. The molecule has 1 N–H and O–H groups in total. The third-order valence-electron chi connectivity index (χ3n) is 7.81. The average molecular weight is 467 g/mol. The molecule has 0 bridgehead atoms. The third-order valence-corrected chi connectivity index (χ3v) is 7.81. The van der Waals surface area contributed by atoms with Crippen LogP contribution in [-0.4, -0.2) is 49.2 Å². The molecule has 4 rings (SSSR count). The maximum absolute atomic E-state index is 13.7. The van der Waals surface area contributed by atoms with E-state index in [0.717, 1.165) is 42.5 Å². The number of rotatable bonds is 8. The highest BCUT2D eigenvalue weighted by atomic mass is 19.1. The van der Waals surface area contributed by atoms with Crippen molar-refractivity contribution in [3.05, 3.63) is 59.9 Å². The molecule has 0 unspecified atom stereocenters. The topological polar surface area (TPSA) is 41.6 Å². The third kappa shape index (κ3) is 6.05. The lowest BCUT2D eigenvalue weighted by molar-refractivity contribution is -0.136. The van der Waals surface area contributed by atoms with Crippen molar-refractivity contribution >= 4 is 5.91 Å². The van der Waals surface area contributed by atoms with Crippen molar-refractivity contribution in [2.75, 3.05) is 26.3 Å². The minimum Gasteiger partial charge on any atom is -0.381 e. The number of nitrogens with one attached hydrogen (secondary N) is 1. The van der Waals surface area contributed by atoms with Crippen LogP contribution in [0.5, 0.6) is 0 Å². The Balaban J connectivity index is 1.40. The predicted octanol–water partition coefficient (Wildman–Crippen LogP) is 5.60. The van der Waals surface area contributed by atoms with Gasteiger partial charge in [0.25, 0.3) is 0 Å². The molecule has 1 amide bonds. The van der Waals surface area contributed by atoms with Crippen LogP contribution >= 0.6 is 0 Å². The Labute approximate surface area is 203 Å². The zero-order valence-electron chi connectivity index (χ0n) is 20.7. The van der Waals surface area contributed by atoms with E-state index in [1.54, 1.807) is 12.1 Å². The van der Waals surface area contributed by atoms with Crippen LogP contribution in [0.2, 0.25) is 0 Å². The van der Waals surface area contributed by atoms with E-state index in [2.05, 4.69) is 36.2 Å². The van der Waals surface area contributed by atoms with Gasteiger partial charge in [0.2, 0.25) is 5.91 Å². The summed E-state index contributed by atoms with van der Waals surface area (Å²) in [5.41, 5.74) is 2.48. The van der Waals surface area contributed by atoms with E-state index in [0.29, 0.717) is 38.3 Å². The van der Waals surface area contributed by atoms with E-state index in [-0.39, 0.29) is 11.7 Å². The summed E-state index contributed by atoms with van der Waals surface area (Å²) in [6.07, 6.45) is 6.96. The number of hydrogen-bond acceptors (Lipinski definition) is 3. The number of halogens is 1. The molecule has 2 aliphatic heterocycles. The number of piperidine rings is 1. The number of amides is 1. The highest BCUT2D eigenvalue weighted by Crippen LogP contribution is 2.36. The second-order valence-electron chi connectivity index (χ2n) is 10.3. The highest BCUT2D eigenvalue weighted by Gasteiger charge is 2.40. The molecule has 0 saturated carbocycles. The van der Waals surface area contributed by atoms with Crippen molar-refractivity contribution in [2.45, 2.75) is 70.9 Å². The lowest BCUT2D eigenvalue weighted by Gasteiger charge is -2.39. The van der Waals surface area contributed by atoms with Crippen molar-refractivity contribution in [2.24, 2.45) is 5.41 Å². The van der Waals surface area contributed by atoms with E-state index in [1.165, 1.54) is 25.3 Å². The summed E-state index contributed by atoms with van der Waals surface area (Å²) in [4.78, 5) is 16.1. The number of likely N-dealkylation sites (tertiary alicyclic amines) is 1. The largest absolute Gasteiger partial charge is 0.381 e. The molecule has 2 aromatic carbocycles.